The Kier molecular flexibility index (Phi) is 11.0. The minimum Gasteiger partial charge on any atom is -0.440 e. The quantitative estimate of drug-likeness (QED) is 0.319. The van der Waals surface area contributed by atoms with E-state index in [9.17, 15) is 4.79 Å². The normalized spacial score (nSPS) is 11.5. The molecular formula is C23H38N2O3. The Morgan fingerprint density at radius 2 is 1.57 bits per heavy atom. The Morgan fingerprint density at radius 3 is 2.29 bits per heavy atom. The second kappa shape index (κ2) is 13.5. The molecule has 5 nitrogen and oxygen atoms in total. The van der Waals surface area contributed by atoms with E-state index < -0.39 is 0 Å². The van der Waals surface area contributed by atoms with Crippen molar-refractivity contribution in [3.63, 3.8) is 0 Å². The van der Waals surface area contributed by atoms with Gasteiger partial charge in [0.2, 0.25) is 5.71 Å². The number of ether oxygens (including phenoxy) is 1. The van der Waals surface area contributed by atoms with Gasteiger partial charge in [-0.05, 0) is 18.9 Å². The van der Waals surface area contributed by atoms with Gasteiger partial charge < -0.3 is 9.15 Å². The highest BCUT2D eigenvalue weighted by Gasteiger charge is 2.08. The summed E-state index contributed by atoms with van der Waals surface area (Å²) in [5.74, 6) is 0.741. The topological polar surface area (TPSA) is 57.3 Å². The first-order valence-corrected chi connectivity index (χ1v) is 11.3. The predicted molar refractivity (Wildman–Crippen MR) is 115 cm³/mol. The second-order valence-corrected chi connectivity index (χ2v) is 7.78. The zero-order valence-corrected chi connectivity index (χ0v) is 17.9. The zero-order valence-electron chi connectivity index (χ0n) is 17.9. The van der Waals surface area contributed by atoms with Gasteiger partial charge in [0.05, 0.1) is 5.39 Å². The lowest BCUT2D eigenvalue weighted by Gasteiger charge is -2.04. The fourth-order valence-corrected chi connectivity index (χ4v) is 3.45. The molecule has 0 spiro atoms. The monoisotopic (exact) mass is 390 g/mol. The van der Waals surface area contributed by atoms with Gasteiger partial charge >= 0.3 is 5.69 Å². The molecule has 2 aromatic heterocycles. The third-order valence-corrected chi connectivity index (χ3v) is 5.17. The fraction of sp³-hybridized carbons (Fsp3) is 0.739. The molecule has 0 N–H and O–H groups in total. The minimum atomic E-state index is -0.227. The number of unbranched alkanes of at least 4 members (excludes halogenated alkanes) is 10. The van der Waals surface area contributed by atoms with Gasteiger partial charge in [-0.15, -0.1) is 0 Å². The summed E-state index contributed by atoms with van der Waals surface area (Å²) in [6.07, 6.45) is 16.7. The van der Waals surface area contributed by atoms with Crippen LogP contribution in [0.15, 0.2) is 21.5 Å². The first-order chi connectivity index (χ1) is 13.7. The molecule has 0 aliphatic carbocycles. The highest BCUT2D eigenvalue weighted by Crippen LogP contribution is 2.17. The lowest BCUT2D eigenvalue weighted by Crippen LogP contribution is -2.22. The van der Waals surface area contributed by atoms with E-state index in [2.05, 4.69) is 18.8 Å². The summed E-state index contributed by atoms with van der Waals surface area (Å²) in [4.78, 5) is 16.3. The number of hydrogen-bond acceptors (Lipinski definition) is 4. The predicted octanol–water partition coefficient (Wildman–Crippen LogP) is 6.23. The molecule has 0 fully saturated rings. The zero-order chi connectivity index (χ0) is 20.0. The third kappa shape index (κ3) is 8.17. The maximum Gasteiger partial charge on any atom is 0.350 e. The van der Waals surface area contributed by atoms with E-state index in [1.807, 2.05) is 12.3 Å². The van der Waals surface area contributed by atoms with Gasteiger partial charge in [-0.1, -0.05) is 78.1 Å². The number of furan rings is 1. The molecule has 0 atom stereocenters. The van der Waals surface area contributed by atoms with E-state index in [4.69, 9.17) is 9.15 Å². The lowest BCUT2D eigenvalue weighted by atomic mass is 10.1. The van der Waals surface area contributed by atoms with Crippen molar-refractivity contribution in [2.45, 2.75) is 104 Å². The Hall–Kier alpha value is -1.62. The third-order valence-electron chi connectivity index (χ3n) is 5.17. The van der Waals surface area contributed by atoms with Gasteiger partial charge in [-0.3, -0.25) is 4.57 Å². The highest BCUT2D eigenvalue weighted by molar-refractivity contribution is 5.72. The molecule has 0 aliphatic heterocycles. The van der Waals surface area contributed by atoms with Crippen LogP contribution in [0.5, 0.6) is 0 Å². The van der Waals surface area contributed by atoms with Crippen molar-refractivity contribution in [1.82, 2.24) is 9.55 Å². The van der Waals surface area contributed by atoms with E-state index in [0.717, 1.165) is 43.6 Å². The summed E-state index contributed by atoms with van der Waals surface area (Å²) in [6.45, 7) is 6.37. The van der Waals surface area contributed by atoms with Crippen LogP contribution in [0.2, 0.25) is 0 Å². The van der Waals surface area contributed by atoms with Gasteiger partial charge in [0, 0.05) is 19.3 Å². The average molecular weight is 391 g/mol. The summed E-state index contributed by atoms with van der Waals surface area (Å²) in [7, 11) is 0. The molecule has 5 heteroatoms. The van der Waals surface area contributed by atoms with Crippen molar-refractivity contribution in [2.24, 2.45) is 0 Å². The molecule has 0 aromatic carbocycles. The van der Waals surface area contributed by atoms with Crippen LogP contribution in [0, 0.1) is 0 Å². The smallest absolute Gasteiger partial charge is 0.350 e. The average Bonchev–Trinajstić information content (AvgIpc) is 3.08. The fourth-order valence-electron chi connectivity index (χ4n) is 3.45. The van der Waals surface area contributed by atoms with Crippen molar-refractivity contribution in [3.05, 3.63) is 28.5 Å². The number of hydrogen-bond donors (Lipinski definition) is 0. The van der Waals surface area contributed by atoms with Gasteiger partial charge in [-0.2, -0.15) is 4.98 Å². The van der Waals surface area contributed by atoms with Crippen molar-refractivity contribution < 1.29 is 9.15 Å². The molecule has 0 amide bonds. The van der Waals surface area contributed by atoms with E-state index in [-0.39, 0.29) is 5.69 Å². The maximum absolute atomic E-state index is 12.2. The molecule has 0 saturated carbocycles. The Morgan fingerprint density at radius 1 is 0.929 bits per heavy atom. The highest BCUT2D eigenvalue weighted by atomic mass is 16.5. The van der Waals surface area contributed by atoms with Crippen molar-refractivity contribution in [3.8, 4) is 0 Å². The number of aromatic nitrogens is 2. The van der Waals surface area contributed by atoms with Crippen LogP contribution >= 0.6 is 0 Å². The maximum atomic E-state index is 12.2. The molecule has 0 saturated heterocycles. The van der Waals surface area contributed by atoms with E-state index >= 15 is 0 Å². The first kappa shape index (κ1) is 22.7. The van der Waals surface area contributed by atoms with Crippen LogP contribution in [0.3, 0.4) is 0 Å². The molecule has 0 bridgehead atoms. The van der Waals surface area contributed by atoms with Gasteiger partial charge in [-0.25, -0.2) is 4.79 Å². The van der Waals surface area contributed by atoms with Crippen molar-refractivity contribution >= 4 is 11.1 Å². The van der Waals surface area contributed by atoms with Crippen LogP contribution < -0.4 is 5.69 Å². The molecule has 158 valence electrons. The second-order valence-electron chi connectivity index (χ2n) is 7.78. The number of aryl methyl sites for hydroxylation is 1. The Bertz CT molecular complexity index is 720. The van der Waals surface area contributed by atoms with Crippen molar-refractivity contribution in [1.29, 1.82) is 0 Å². The first-order valence-electron chi connectivity index (χ1n) is 11.3. The minimum absolute atomic E-state index is 0.227. The summed E-state index contributed by atoms with van der Waals surface area (Å²) >= 11 is 0. The summed E-state index contributed by atoms with van der Waals surface area (Å²) in [6, 6.07) is 1.95. The molecule has 0 unspecified atom stereocenters. The van der Waals surface area contributed by atoms with E-state index in [1.165, 1.54) is 57.8 Å². The van der Waals surface area contributed by atoms with Gasteiger partial charge in [0.25, 0.3) is 0 Å². The van der Waals surface area contributed by atoms with Crippen molar-refractivity contribution in [2.75, 3.05) is 6.61 Å². The summed E-state index contributed by atoms with van der Waals surface area (Å²) in [5, 5.41) is 0.878. The van der Waals surface area contributed by atoms with Crippen LogP contribution in [0.4, 0.5) is 0 Å². The summed E-state index contributed by atoms with van der Waals surface area (Å²) < 4.78 is 13.1. The Balaban J connectivity index is 1.74. The number of rotatable bonds is 16. The largest absolute Gasteiger partial charge is 0.440 e. The van der Waals surface area contributed by atoms with E-state index in [1.54, 1.807) is 4.57 Å². The summed E-state index contributed by atoms with van der Waals surface area (Å²) in [5.41, 5.74) is 0.192. The standard InChI is InChI=1S/C23H38N2O3/c1-3-5-7-9-11-13-15-25-18-20-17-21(28-22(20)24-23(25)26)19-27-16-14-12-10-8-6-4-2/h17-18H,3-16,19H2,1-2H3. The van der Waals surface area contributed by atoms with Crippen LogP contribution in [-0.2, 0) is 17.9 Å². The van der Waals surface area contributed by atoms with Gasteiger partial charge in [0.1, 0.15) is 12.4 Å². The van der Waals surface area contributed by atoms with Crippen LogP contribution in [-0.4, -0.2) is 16.2 Å². The van der Waals surface area contributed by atoms with Crippen LogP contribution in [0.1, 0.15) is 96.7 Å². The molecule has 2 rings (SSSR count). The number of fused-ring (bicyclic) bond motifs is 1. The SMILES string of the molecule is CCCCCCCCOCc1cc2cn(CCCCCCCC)c(=O)nc2o1. The van der Waals surface area contributed by atoms with Gasteiger partial charge in [0.15, 0.2) is 0 Å². The molecule has 28 heavy (non-hydrogen) atoms. The molecule has 0 radical (unpaired) electrons. The molecular weight excluding hydrogens is 352 g/mol. The van der Waals surface area contributed by atoms with E-state index in [0.29, 0.717) is 12.3 Å². The molecule has 2 heterocycles. The molecule has 0 aliphatic rings. The van der Waals surface area contributed by atoms with Crippen LogP contribution in [0.25, 0.3) is 11.1 Å². The number of nitrogens with zero attached hydrogens (tertiary/aromatic N) is 2. The lowest BCUT2D eigenvalue weighted by molar-refractivity contribution is 0.103. The molecule has 2 aromatic rings. The Labute approximate surface area is 169 Å².